The predicted octanol–water partition coefficient (Wildman–Crippen LogP) is 2.64. The SMILES string of the molecule is Cl.Nc1nnn(Cc2ccc(F)c(F)c2)c1CCN1CCCCC1. The second kappa shape index (κ2) is 8.39. The van der Waals surface area contributed by atoms with Gasteiger partial charge in [0.25, 0.3) is 0 Å². The van der Waals surface area contributed by atoms with Crippen LogP contribution in [0.15, 0.2) is 18.2 Å². The maximum Gasteiger partial charge on any atom is 0.169 e. The number of piperidine rings is 1. The van der Waals surface area contributed by atoms with E-state index in [1.165, 1.54) is 25.3 Å². The molecule has 1 aliphatic heterocycles. The Morgan fingerprint density at radius 2 is 1.83 bits per heavy atom. The molecule has 0 atom stereocenters. The highest BCUT2D eigenvalue weighted by atomic mass is 35.5. The van der Waals surface area contributed by atoms with Gasteiger partial charge in [0.05, 0.1) is 12.2 Å². The number of hydrogen-bond acceptors (Lipinski definition) is 4. The molecule has 0 amide bonds. The molecule has 1 aromatic heterocycles. The van der Waals surface area contributed by atoms with Gasteiger partial charge < -0.3 is 10.6 Å². The molecule has 0 aliphatic carbocycles. The van der Waals surface area contributed by atoms with E-state index < -0.39 is 11.6 Å². The van der Waals surface area contributed by atoms with Gasteiger partial charge in [0.2, 0.25) is 0 Å². The smallest absolute Gasteiger partial charge is 0.169 e. The first-order chi connectivity index (χ1) is 11.1. The molecule has 1 aromatic carbocycles. The summed E-state index contributed by atoms with van der Waals surface area (Å²) in [5.41, 5.74) is 7.40. The average Bonchev–Trinajstić information content (AvgIpc) is 2.90. The average molecular weight is 358 g/mol. The summed E-state index contributed by atoms with van der Waals surface area (Å²) in [4.78, 5) is 2.41. The van der Waals surface area contributed by atoms with Crippen molar-refractivity contribution >= 4 is 18.2 Å². The molecular weight excluding hydrogens is 336 g/mol. The van der Waals surface area contributed by atoms with Gasteiger partial charge in [-0.05, 0) is 43.6 Å². The van der Waals surface area contributed by atoms with Gasteiger partial charge in [-0.25, -0.2) is 13.5 Å². The van der Waals surface area contributed by atoms with Gasteiger partial charge in [-0.2, -0.15) is 0 Å². The minimum atomic E-state index is -0.856. The Labute approximate surface area is 146 Å². The highest BCUT2D eigenvalue weighted by Crippen LogP contribution is 2.15. The molecule has 1 aliphatic rings. The predicted molar refractivity (Wildman–Crippen MR) is 91.1 cm³/mol. The van der Waals surface area contributed by atoms with Crippen LogP contribution in [0.4, 0.5) is 14.6 Å². The molecule has 0 bridgehead atoms. The molecule has 2 aromatic rings. The molecule has 24 heavy (non-hydrogen) atoms. The maximum atomic E-state index is 13.3. The topological polar surface area (TPSA) is 60.0 Å². The van der Waals surface area contributed by atoms with E-state index in [9.17, 15) is 8.78 Å². The van der Waals surface area contributed by atoms with Crippen molar-refractivity contribution in [1.29, 1.82) is 0 Å². The standard InChI is InChI=1S/C16H21F2N5.ClH/c17-13-5-4-12(10-14(13)18)11-23-15(16(19)20-21-23)6-9-22-7-2-1-3-8-22;/h4-5,10H,1-3,6-9,11,19H2;1H. The van der Waals surface area contributed by atoms with Crippen molar-refractivity contribution in [3.05, 3.63) is 41.1 Å². The molecule has 0 saturated carbocycles. The molecule has 2 heterocycles. The normalized spacial score (nSPS) is 15.2. The van der Waals surface area contributed by atoms with E-state index in [1.807, 2.05) is 0 Å². The van der Waals surface area contributed by atoms with Crippen LogP contribution in [-0.4, -0.2) is 39.5 Å². The number of likely N-dealkylation sites (tertiary alicyclic amines) is 1. The van der Waals surface area contributed by atoms with Gasteiger partial charge in [0.1, 0.15) is 0 Å². The summed E-state index contributed by atoms with van der Waals surface area (Å²) in [6.45, 7) is 3.47. The van der Waals surface area contributed by atoms with Crippen LogP contribution in [-0.2, 0) is 13.0 Å². The van der Waals surface area contributed by atoms with Crippen molar-refractivity contribution in [2.24, 2.45) is 0 Å². The summed E-state index contributed by atoms with van der Waals surface area (Å²) in [6, 6.07) is 3.85. The van der Waals surface area contributed by atoms with Gasteiger partial charge in [-0.1, -0.05) is 17.7 Å². The number of rotatable bonds is 5. The summed E-state index contributed by atoms with van der Waals surface area (Å²) in [5.74, 6) is -1.30. The number of halogens is 3. The number of aromatic nitrogens is 3. The van der Waals surface area contributed by atoms with Crippen LogP contribution in [0.3, 0.4) is 0 Å². The van der Waals surface area contributed by atoms with Crippen LogP contribution in [0.2, 0.25) is 0 Å². The molecule has 3 rings (SSSR count). The molecular formula is C16H22ClF2N5. The molecule has 8 heteroatoms. The molecule has 132 valence electrons. The third-order valence-electron chi connectivity index (χ3n) is 4.30. The van der Waals surface area contributed by atoms with E-state index in [4.69, 9.17) is 5.73 Å². The lowest BCUT2D eigenvalue weighted by Crippen LogP contribution is -2.32. The Hall–Kier alpha value is -1.73. The van der Waals surface area contributed by atoms with Crippen molar-refractivity contribution in [1.82, 2.24) is 19.9 Å². The molecule has 2 N–H and O–H groups in total. The van der Waals surface area contributed by atoms with Crippen LogP contribution < -0.4 is 5.73 Å². The summed E-state index contributed by atoms with van der Waals surface area (Å²) in [7, 11) is 0. The van der Waals surface area contributed by atoms with Gasteiger partial charge in [0, 0.05) is 13.0 Å². The lowest BCUT2D eigenvalue weighted by molar-refractivity contribution is 0.230. The summed E-state index contributed by atoms with van der Waals surface area (Å²) in [6.07, 6.45) is 4.53. The summed E-state index contributed by atoms with van der Waals surface area (Å²) >= 11 is 0. The third kappa shape index (κ3) is 4.42. The minimum absolute atomic E-state index is 0. The lowest BCUT2D eigenvalue weighted by Gasteiger charge is -2.26. The first-order valence-corrected chi connectivity index (χ1v) is 7.97. The first-order valence-electron chi connectivity index (χ1n) is 7.97. The van der Waals surface area contributed by atoms with Crippen molar-refractivity contribution in [3.63, 3.8) is 0 Å². The number of hydrogen-bond donors (Lipinski definition) is 1. The summed E-state index contributed by atoms with van der Waals surface area (Å²) < 4.78 is 28.0. The summed E-state index contributed by atoms with van der Waals surface area (Å²) in [5, 5.41) is 7.95. The second-order valence-electron chi connectivity index (χ2n) is 5.98. The van der Waals surface area contributed by atoms with E-state index in [0.717, 1.165) is 37.8 Å². The molecule has 1 fully saturated rings. The fourth-order valence-corrected chi connectivity index (χ4v) is 2.99. The minimum Gasteiger partial charge on any atom is -0.381 e. The number of benzene rings is 1. The molecule has 5 nitrogen and oxygen atoms in total. The van der Waals surface area contributed by atoms with Crippen molar-refractivity contribution in [3.8, 4) is 0 Å². The number of nitrogen functional groups attached to an aromatic ring is 1. The Bertz CT molecular complexity index is 670. The lowest BCUT2D eigenvalue weighted by atomic mass is 10.1. The molecule has 0 unspecified atom stereocenters. The molecule has 0 spiro atoms. The zero-order valence-electron chi connectivity index (χ0n) is 13.4. The van der Waals surface area contributed by atoms with Crippen molar-refractivity contribution in [2.45, 2.75) is 32.2 Å². The van der Waals surface area contributed by atoms with E-state index in [2.05, 4.69) is 15.2 Å². The van der Waals surface area contributed by atoms with E-state index >= 15 is 0 Å². The largest absolute Gasteiger partial charge is 0.381 e. The monoisotopic (exact) mass is 357 g/mol. The zero-order chi connectivity index (χ0) is 16.2. The van der Waals surface area contributed by atoms with Gasteiger partial charge >= 0.3 is 0 Å². The van der Waals surface area contributed by atoms with E-state index in [0.29, 0.717) is 17.9 Å². The zero-order valence-corrected chi connectivity index (χ0v) is 14.2. The van der Waals surface area contributed by atoms with Crippen LogP contribution in [0.25, 0.3) is 0 Å². The third-order valence-corrected chi connectivity index (χ3v) is 4.30. The Kier molecular flexibility index (Phi) is 6.51. The molecule has 0 radical (unpaired) electrons. The Morgan fingerprint density at radius 3 is 2.54 bits per heavy atom. The van der Waals surface area contributed by atoms with E-state index in [-0.39, 0.29) is 12.4 Å². The van der Waals surface area contributed by atoms with Crippen LogP contribution in [0.1, 0.15) is 30.5 Å². The maximum absolute atomic E-state index is 13.3. The number of nitrogens with two attached hydrogens (primary N) is 1. The van der Waals surface area contributed by atoms with Crippen molar-refractivity contribution < 1.29 is 8.78 Å². The molecule has 1 saturated heterocycles. The highest BCUT2D eigenvalue weighted by Gasteiger charge is 2.15. The highest BCUT2D eigenvalue weighted by molar-refractivity contribution is 5.85. The fraction of sp³-hybridized carbons (Fsp3) is 0.500. The van der Waals surface area contributed by atoms with Crippen LogP contribution >= 0.6 is 12.4 Å². The van der Waals surface area contributed by atoms with Crippen LogP contribution in [0, 0.1) is 11.6 Å². The van der Waals surface area contributed by atoms with E-state index in [1.54, 1.807) is 10.7 Å². The van der Waals surface area contributed by atoms with Crippen molar-refractivity contribution in [2.75, 3.05) is 25.4 Å². The fourth-order valence-electron chi connectivity index (χ4n) is 2.99. The number of anilines is 1. The van der Waals surface area contributed by atoms with Crippen LogP contribution in [0.5, 0.6) is 0 Å². The Balaban J connectivity index is 0.00000208. The Morgan fingerprint density at radius 1 is 1.08 bits per heavy atom. The quantitative estimate of drug-likeness (QED) is 0.893. The first kappa shape index (κ1) is 18.6. The second-order valence-corrected chi connectivity index (χ2v) is 5.98. The number of nitrogens with zero attached hydrogens (tertiary/aromatic N) is 4. The van der Waals surface area contributed by atoms with Gasteiger partial charge in [-0.15, -0.1) is 17.5 Å². The van der Waals surface area contributed by atoms with Gasteiger partial charge in [0.15, 0.2) is 17.5 Å². The van der Waals surface area contributed by atoms with Gasteiger partial charge in [-0.3, -0.25) is 0 Å².